The molecular formula is C12H21N5O. The summed E-state index contributed by atoms with van der Waals surface area (Å²) >= 11 is 0. The van der Waals surface area contributed by atoms with Crippen LogP contribution in [0.3, 0.4) is 0 Å². The quantitative estimate of drug-likeness (QED) is 0.731. The first kappa shape index (κ1) is 12.9. The van der Waals surface area contributed by atoms with E-state index in [2.05, 4.69) is 27.1 Å². The number of hydrogen-bond donors (Lipinski definition) is 3. The Hall–Kier alpha value is -1.56. The molecule has 100 valence electrons. The van der Waals surface area contributed by atoms with Gasteiger partial charge in [0, 0.05) is 19.1 Å². The number of aromatic amines is 1. The summed E-state index contributed by atoms with van der Waals surface area (Å²) in [5, 5.41) is 3.27. The second kappa shape index (κ2) is 5.86. The maximum Gasteiger partial charge on any atom is 0.276 e. The first-order valence-corrected chi connectivity index (χ1v) is 6.52. The van der Waals surface area contributed by atoms with E-state index < -0.39 is 0 Å². The molecule has 6 nitrogen and oxygen atoms in total. The highest BCUT2D eigenvalue weighted by Gasteiger charge is 2.19. The van der Waals surface area contributed by atoms with Crippen LogP contribution in [0.1, 0.15) is 26.2 Å². The molecule has 18 heavy (non-hydrogen) atoms. The first-order chi connectivity index (χ1) is 8.70. The number of piperidine rings is 1. The minimum atomic E-state index is -0.282. The van der Waals surface area contributed by atoms with Gasteiger partial charge >= 0.3 is 0 Å². The largest absolute Gasteiger partial charge is 0.391 e. The molecule has 2 rings (SSSR count). The van der Waals surface area contributed by atoms with Gasteiger partial charge in [0.2, 0.25) is 0 Å². The first-order valence-electron chi connectivity index (χ1n) is 6.52. The maximum atomic E-state index is 11.3. The van der Waals surface area contributed by atoms with Gasteiger partial charge in [-0.05, 0) is 25.8 Å². The van der Waals surface area contributed by atoms with E-state index in [1.807, 2.05) is 0 Å². The molecule has 2 heterocycles. The fraction of sp³-hybridized carbons (Fsp3) is 0.667. The van der Waals surface area contributed by atoms with Crippen LogP contribution >= 0.6 is 0 Å². The predicted octanol–water partition coefficient (Wildman–Crippen LogP) is 0.638. The van der Waals surface area contributed by atoms with Crippen LogP contribution < -0.4 is 16.6 Å². The maximum absolute atomic E-state index is 11.3. The number of aromatic nitrogens is 2. The average molecular weight is 251 g/mol. The van der Waals surface area contributed by atoms with E-state index in [0.29, 0.717) is 11.9 Å². The van der Waals surface area contributed by atoms with Crippen molar-refractivity contribution in [2.24, 2.45) is 0 Å². The van der Waals surface area contributed by atoms with E-state index in [9.17, 15) is 4.79 Å². The van der Waals surface area contributed by atoms with E-state index in [0.717, 1.165) is 32.5 Å². The standard InChI is InChI=1S/C12H21N5O/c1-2-5-17-6-3-9(4-7-17)16-11-10(13)12(18)15-8-14-11/h8-9H,2-7,13H2,1H3,(H2,14,15,16,18). The van der Waals surface area contributed by atoms with E-state index in [1.165, 1.54) is 12.7 Å². The van der Waals surface area contributed by atoms with Crippen molar-refractivity contribution in [1.82, 2.24) is 14.9 Å². The van der Waals surface area contributed by atoms with Gasteiger partial charge in [0.25, 0.3) is 5.56 Å². The van der Waals surface area contributed by atoms with E-state index >= 15 is 0 Å². The van der Waals surface area contributed by atoms with Gasteiger partial charge in [-0.1, -0.05) is 6.92 Å². The van der Waals surface area contributed by atoms with Crippen molar-refractivity contribution in [3.05, 3.63) is 16.7 Å². The fourth-order valence-electron chi connectivity index (χ4n) is 2.34. The van der Waals surface area contributed by atoms with Gasteiger partial charge in [0.15, 0.2) is 5.82 Å². The zero-order valence-electron chi connectivity index (χ0n) is 10.8. The van der Waals surface area contributed by atoms with Crippen molar-refractivity contribution in [3.63, 3.8) is 0 Å². The van der Waals surface area contributed by atoms with Crippen LogP contribution in [-0.2, 0) is 0 Å². The van der Waals surface area contributed by atoms with Gasteiger partial charge in [0.1, 0.15) is 5.69 Å². The Morgan fingerprint density at radius 3 is 2.94 bits per heavy atom. The summed E-state index contributed by atoms with van der Waals surface area (Å²) in [7, 11) is 0. The summed E-state index contributed by atoms with van der Waals surface area (Å²) in [6.07, 6.45) is 4.70. The number of nitrogens with one attached hydrogen (secondary N) is 2. The Balaban J connectivity index is 1.92. The minimum absolute atomic E-state index is 0.175. The van der Waals surface area contributed by atoms with Crippen molar-refractivity contribution in [3.8, 4) is 0 Å². The summed E-state index contributed by atoms with van der Waals surface area (Å²) in [6.45, 7) is 5.55. The van der Waals surface area contributed by atoms with E-state index in [1.54, 1.807) is 0 Å². The summed E-state index contributed by atoms with van der Waals surface area (Å²) in [5.74, 6) is 0.507. The molecule has 1 aliphatic rings. The van der Waals surface area contributed by atoms with Crippen molar-refractivity contribution in [1.29, 1.82) is 0 Å². The van der Waals surface area contributed by atoms with Gasteiger partial charge < -0.3 is 20.9 Å². The number of H-pyrrole nitrogens is 1. The molecule has 1 aromatic rings. The number of likely N-dealkylation sites (tertiary alicyclic amines) is 1. The van der Waals surface area contributed by atoms with Gasteiger partial charge in [-0.2, -0.15) is 0 Å². The lowest BCUT2D eigenvalue weighted by molar-refractivity contribution is 0.219. The Morgan fingerprint density at radius 2 is 2.28 bits per heavy atom. The number of nitrogens with two attached hydrogens (primary N) is 1. The Morgan fingerprint density at radius 1 is 1.56 bits per heavy atom. The summed E-state index contributed by atoms with van der Waals surface area (Å²) in [5.41, 5.74) is 5.59. The highest BCUT2D eigenvalue weighted by molar-refractivity contribution is 5.59. The molecule has 0 saturated carbocycles. The molecule has 0 radical (unpaired) electrons. The second-order valence-electron chi connectivity index (χ2n) is 4.75. The van der Waals surface area contributed by atoms with Crippen LogP contribution in [0.25, 0.3) is 0 Å². The molecule has 1 fully saturated rings. The van der Waals surface area contributed by atoms with Crippen LogP contribution in [0.2, 0.25) is 0 Å². The lowest BCUT2D eigenvalue weighted by Crippen LogP contribution is -2.39. The molecule has 0 bridgehead atoms. The number of rotatable bonds is 4. The molecule has 0 spiro atoms. The number of nitrogen functional groups attached to an aromatic ring is 1. The predicted molar refractivity (Wildman–Crippen MR) is 72.6 cm³/mol. The molecule has 1 aromatic heterocycles. The molecular weight excluding hydrogens is 230 g/mol. The minimum Gasteiger partial charge on any atom is -0.391 e. The van der Waals surface area contributed by atoms with Crippen LogP contribution in [-0.4, -0.2) is 40.5 Å². The Labute approximate surface area is 107 Å². The lowest BCUT2D eigenvalue weighted by Gasteiger charge is -2.32. The molecule has 0 unspecified atom stereocenters. The topological polar surface area (TPSA) is 87.0 Å². The molecule has 1 aliphatic heterocycles. The average Bonchev–Trinajstić information content (AvgIpc) is 2.38. The molecule has 0 aromatic carbocycles. The van der Waals surface area contributed by atoms with Crippen molar-refractivity contribution >= 4 is 11.5 Å². The SMILES string of the molecule is CCCN1CCC(Nc2nc[nH]c(=O)c2N)CC1. The van der Waals surface area contributed by atoms with Crippen LogP contribution in [0.4, 0.5) is 11.5 Å². The van der Waals surface area contributed by atoms with Crippen LogP contribution in [0.15, 0.2) is 11.1 Å². The van der Waals surface area contributed by atoms with Gasteiger partial charge in [-0.3, -0.25) is 4.79 Å². The highest BCUT2D eigenvalue weighted by atomic mass is 16.1. The van der Waals surface area contributed by atoms with E-state index in [-0.39, 0.29) is 11.2 Å². The molecule has 4 N–H and O–H groups in total. The number of hydrogen-bond acceptors (Lipinski definition) is 5. The summed E-state index contributed by atoms with van der Waals surface area (Å²) < 4.78 is 0. The fourth-order valence-corrected chi connectivity index (χ4v) is 2.34. The monoisotopic (exact) mass is 251 g/mol. The van der Waals surface area contributed by atoms with Crippen molar-refractivity contribution in [2.75, 3.05) is 30.7 Å². The van der Waals surface area contributed by atoms with Crippen LogP contribution in [0.5, 0.6) is 0 Å². The molecule has 0 amide bonds. The Bertz CT molecular complexity index is 436. The van der Waals surface area contributed by atoms with Gasteiger partial charge in [0.05, 0.1) is 6.33 Å². The molecule has 0 aliphatic carbocycles. The third-order valence-electron chi connectivity index (χ3n) is 3.36. The molecule has 1 saturated heterocycles. The van der Waals surface area contributed by atoms with Crippen LogP contribution in [0, 0.1) is 0 Å². The van der Waals surface area contributed by atoms with Crippen molar-refractivity contribution in [2.45, 2.75) is 32.2 Å². The summed E-state index contributed by atoms with van der Waals surface area (Å²) in [4.78, 5) is 20.4. The normalized spacial score (nSPS) is 17.8. The lowest BCUT2D eigenvalue weighted by atomic mass is 10.0. The molecule has 0 atom stereocenters. The highest BCUT2D eigenvalue weighted by Crippen LogP contribution is 2.17. The third kappa shape index (κ3) is 3.01. The Kier molecular flexibility index (Phi) is 4.19. The zero-order valence-corrected chi connectivity index (χ0v) is 10.8. The zero-order chi connectivity index (χ0) is 13.0. The van der Waals surface area contributed by atoms with Gasteiger partial charge in [-0.15, -0.1) is 0 Å². The smallest absolute Gasteiger partial charge is 0.276 e. The van der Waals surface area contributed by atoms with Gasteiger partial charge in [-0.25, -0.2) is 4.98 Å². The third-order valence-corrected chi connectivity index (χ3v) is 3.36. The molecule has 6 heteroatoms. The number of nitrogens with zero attached hydrogens (tertiary/aromatic N) is 2. The van der Waals surface area contributed by atoms with E-state index in [4.69, 9.17) is 5.73 Å². The summed E-state index contributed by atoms with van der Waals surface area (Å²) in [6, 6.07) is 0.356. The van der Waals surface area contributed by atoms with Crippen molar-refractivity contribution < 1.29 is 0 Å². The number of anilines is 2. The second-order valence-corrected chi connectivity index (χ2v) is 4.75.